The molecule has 118 valence electrons. The number of pyridine rings is 1. The van der Waals surface area contributed by atoms with Crippen LogP contribution in [0.25, 0.3) is 10.4 Å². The van der Waals surface area contributed by atoms with Crippen LogP contribution in [0.3, 0.4) is 0 Å². The summed E-state index contributed by atoms with van der Waals surface area (Å²) in [6.45, 7) is 1.10. The van der Waals surface area contributed by atoms with Gasteiger partial charge in [0.1, 0.15) is 5.82 Å². The molecule has 0 radical (unpaired) electrons. The largest absolute Gasteiger partial charge is 0.387 e. The minimum atomic E-state index is -0.566. The molecule has 0 saturated heterocycles. The van der Waals surface area contributed by atoms with Gasteiger partial charge in [-0.3, -0.25) is 4.98 Å². The maximum atomic E-state index is 13.8. The minimum Gasteiger partial charge on any atom is -0.387 e. The number of benzene rings is 1. The highest BCUT2D eigenvalue weighted by atomic mass is 32.1. The molecule has 2 aromatic heterocycles. The predicted molar refractivity (Wildman–Crippen MR) is 90.6 cm³/mol. The molecule has 0 aliphatic carbocycles. The molecule has 0 fully saturated rings. The summed E-state index contributed by atoms with van der Waals surface area (Å²) in [5.74, 6) is -0.207. The number of rotatable bonds is 6. The Balaban J connectivity index is 1.57. The topological polar surface area (TPSA) is 45.1 Å². The van der Waals surface area contributed by atoms with E-state index in [4.69, 9.17) is 0 Å². The molecule has 1 unspecified atom stereocenters. The molecule has 1 atom stereocenters. The van der Waals surface area contributed by atoms with Gasteiger partial charge in [0, 0.05) is 40.8 Å². The van der Waals surface area contributed by atoms with Crippen molar-refractivity contribution < 1.29 is 9.50 Å². The fourth-order valence-corrected chi connectivity index (χ4v) is 3.32. The van der Waals surface area contributed by atoms with Gasteiger partial charge in [-0.2, -0.15) is 0 Å². The molecule has 0 spiro atoms. The van der Waals surface area contributed by atoms with Crippen molar-refractivity contribution in [2.75, 3.05) is 6.54 Å². The maximum Gasteiger partial charge on any atom is 0.131 e. The molecular formula is C18H17FN2OS. The summed E-state index contributed by atoms with van der Waals surface area (Å²) in [7, 11) is 0. The molecule has 1 aromatic carbocycles. The SMILES string of the molecule is OC(CNCc1ccc(-c2ccccc2F)s1)c1ccncc1. The van der Waals surface area contributed by atoms with Crippen LogP contribution in [0.15, 0.2) is 60.9 Å². The fourth-order valence-electron chi connectivity index (χ4n) is 2.31. The van der Waals surface area contributed by atoms with Crippen molar-refractivity contribution in [3.05, 3.63) is 77.2 Å². The van der Waals surface area contributed by atoms with Gasteiger partial charge in [-0.15, -0.1) is 11.3 Å². The second-order valence-corrected chi connectivity index (χ2v) is 6.34. The molecule has 0 aliphatic heterocycles. The van der Waals surface area contributed by atoms with Gasteiger partial charge in [0.15, 0.2) is 0 Å². The Labute approximate surface area is 138 Å². The molecular weight excluding hydrogens is 311 g/mol. The summed E-state index contributed by atoms with van der Waals surface area (Å²) in [6.07, 6.45) is 2.76. The van der Waals surface area contributed by atoms with Crippen molar-refractivity contribution in [1.82, 2.24) is 10.3 Å². The van der Waals surface area contributed by atoms with Crippen LogP contribution in [0.4, 0.5) is 4.39 Å². The van der Waals surface area contributed by atoms with Crippen molar-refractivity contribution in [3.8, 4) is 10.4 Å². The van der Waals surface area contributed by atoms with Gasteiger partial charge in [-0.25, -0.2) is 4.39 Å². The minimum absolute atomic E-state index is 0.207. The summed E-state index contributed by atoms with van der Waals surface area (Å²) in [6, 6.07) is 14.3. The van der Waals surface area contributed by atoms with E-state index in [0.29, 0.717) is 18.7 Å². The van der Waals surface area contributed by atoms with Crippen molar-refractivity contribution >= 4 is 11.3 Å². The Kier molecular flexibility index (Phi) is 5.12. The molecule has 3 rings (SSSR count). The van der Waals surface area contributed by atoms with E-state index in [0.717, 1.165) is 15.3 Å². The Hall–Kier alpha value is -2.08. The highest BCUT2D eigenvalue weighted by Gasteiger charge is 2.09. The molecule has 0 aliphatic rings. The molecule has 0 amide bonds. The standard InChI is InChI=1S/C18H17FN2OS/c19-16-4-2-1-3-15(16)18-6-5-14(23-18)11-21-12-17(22)13-7-9-20-10-8-13/h1-10,17,21-22H,11-12H2. The number of nitrogens with one attached hydrogen (secondary N) is 1. The normalized spacial score (nSPS) is 12.3. The number of thiophene rings is 1. The third-order valence-corrected chi connectivity index (χ3v) is 4.65. The van der Waals surface area contributed by atoms with E-state index < -0.39 is 6.10 Å². The number of hydrogen-bond donors (Lipinski definition) is 2. The number of hydrogen-bond acceptors (Lipinski definition) is 4. The monoisotopic (exact) mass is 328 g/mol. The van der Waals surface area contributed by atoms with E-state index in [2.05, 4.69) is 10.3 Å². The third-order valence-electron chi connectivity index (χ3n) is 3.53. The van der Waals surface area contributed by atoms with Crippen molar-refractivity contribution in [3.63, 3.8) is 0 Å². The number of aromatic nitrogens is 1. The highest BCUT2D eigenvalue weighted by Crippen LogP contribution is 2.29. The smallest absolute Gasteiger partial charge is 0.131 e. The average Bonchev–Trinajstić information content (AvgIpc) is 3.04. The first-order chi connectivity index (χ1) is 11.2. The molecule has 3 aromatic rings. The van der Waals surface area contributed by atoms with Crippen LogP contribution < -0.4 is 5.32 Å². The first-order valence-electron chi connectivity index (χ1n) is 7.36. The van der Waals surface area contributed by atoms with Crippen molar-refractivity contribution in [2.24, 2.45) is 0 Å². The van der Waals surface area contributed by atoms with Crippen LogP contribution in [0.2, 0.25) is 0 Å². The Morgan fingerprint density at radius 1 is 1.09 bits per heavy atom. The molecule has 5 heteroatoms. The molecule has 2 N–H and O–H groups in total. The number of aliphatic hydroxyl groups excluding tert-OH is 1. The van der Waals surface area contributed by atoms with Crippen LogP contribution in [0, 0.1) is 5.82 Å². The summed E-state index contributed by atoms with van der Waals surface area (Å²) in [5, 5.41) is 13.3. The lowest BCUT2D eigenvalue weighted by molar-refractivity contribution is 0.174. The van der Waals surface area contributed by atoms with Crippen LogP contribution in [0.5, 0.6) is 0 Å². The zero-order valence-electron chi connectivity index (χ0n) is 12.4. The lowest BCUT2D eigenvalue weighted by Crippen LogP contribution is -2.20. The second kappa shape index (κ2) is 7.46. The Bertz CT molecular complexity index is 760. The van der Waals surface area contributed by atoms with E-state index in [9.17, 15) is 9.50 Å². The molecule has 3 nitrogen and oxygen atoms in total. The van der Waals surface area contributed by atoms with Crippen molar-refractivity contribution in [2.45, 2.75) is 12.6 Å². The van der Waals surface area contributed by atoms with Gasteiger partial charge in [0.25, 0.3) is 0 Å². The van der Waals surface area contributed by atoms with E-state index in [-0.39, 0.29) is 5.82 Å². The lowest BCUT2D eigenvalue weighted by Gasteiger charge is -2.11. The third kappa shape index (κ3) is 4.01. The van der Waals surface area contributed by atoms with Gasteiger partial charge in [-0.05, 0) is 35.9 Å². The molecule has 0 saturated carbocycles. The summed E-state index contributed by atoms with van der Waals surface area (Å²) in [5.41, 5.74) is 1.46. The number of halogens is 1. The van der Waals surface area contributed by atoms with Crippen molar-refractivity contribution in [1.29, 1.82) is 0 Å². The maximum absolute atomic E-state index is 13.8. The zero-order valence-corrected chi connectivity index (χ0v) is 13.3. The van der Waals surface area contributed by atoms with E-state index >= 15 is 0 Å². The van der Waals surface area contributed by atoms with E-state index in [1.165, 1.54) is 6.07 Å². The fraction of sp³-hybridized carbons (Fsp3) is 0.167. The predicted octanol–water partition coefficient (Wildman–Crippen LogP) is 3.77. The summed E-state index contributed by atoms with van der Waals surface area (Å²) < 4.78 is 13.8. The lowest BCUT2D eigenvalue weighted by atomic mass is 10.1. The van der Waals surface area contributed by atoms with Gasteiger partial charge in [0.05, 0.1) is 6.10 Å². The van der Waals surface area contributed by atoms with Gasteiger partial charge in [-0.1, -0.05) is 18.2 Å². The summed E-state index contributed by atoms with van der Waals surface area (Å²) in [4.78, 5) is 5.95. The average molecular weight is 328 g/mol. The first-order valence-corrected chi connectivity index (χ1v) is 8.18. The molecule has 2 heterocycles. The van der Waals surface area contributed by atoms with Crippen LogP contribution in [0.1, 0.15) is 16.5 Å². The van der Waals surface area contributed by atoms with Crippen LogP contribution >= 0.6 is 11.3 Å². The number of aliphatic hydroxyl groups is 1. The van der Waals surface area contributed by atoms with E-state index in [1.807, 2.05) is 18.2 Å². The van der Waals surface area contributed by atoms with Crippen LogP contribution in [-0.2, 0) is 6.54 Å². The quantitative estimate of drug-likeness (QED) is 0.724. The Morgan fingerprint density at radius 3 is 2.65 bits per heavy atom. The van der Waals surface area contributed by atoms with Gasteiger partial charge in [0.2, 0.25) is 0 Å². The van der Waals surface area contributed by atoms with Gasteiger partial charge >= 0.3 is 0 Å². The first kappa shape index (κ1) is 15.8. The summed E-state index contributed by atoms with van der Waals surface area (Å²) >= 11 is 1.55. The molecule has 0 bridgehead atoms. The zero-order chi connectivity index (χ0) is 16.1. The van der Waals surface area contributed by atoms with E-state index in [1.54, 1.807) is 48.0 Å². The molecule has 23 heavy (non-hydrogen) atoms. The highest BCUT2D eigenvalue weighted by molar-refractivity contribution is 7.15. The number of nitrogens with zero attached hydrogens (tertiary/aromatic N) is 1. The van der Waals surface area contributed by atoms with Crippen LogP contribution in [-0.4, -0.2) is 16.6 Å². The Morgan fingerprint density at radius 2 is 1.87 bits per heavy atom. The van der Waals surface area contributed by atoms with Gasteiger partial charge < -0.3 is 10.4 Å². The second-order valence-electron chi connectivity index (χ2n) is 5.17.